The monoisotopic (exact) mass is 214 g/mol. The van der Waals surface area contributed by atoms with E-state index in [1.165, 1.54) is 5.56 Å². The fourth-order valence-electron chi connectivity index (χ4n) is 0.862. The first-order chi connectivity index (χ1) is 5.33. The maximum atomic E-state index is 4.06. The van der Waals surface area contributed by atoms with E-state index >= 15 is 0 Å². The molecule has 0 saturated heterocycles. The molecule has 0 atom stereocenters. The van der Waals surface area contributed by atoms with Crippen LogP contribution in [0.1, 0.15) is 5.56 Å². The van der Waals surface area contributed by atoms with E-state index in [2.05, 4.69) is 32.3 Å². The summed E-state index contributed by atoms with van der Waals surface area (Å²) in [5, 5.41) is 3.09. The summed E-state index contributed by atoms with van der Waals surface area (Å²) in [4.78, 5) is 4.06. The number of rotatable bonds is 3. The lowest BCUT2D eigenvalue weighted by molar-refractivity contribution is 0.789. The van der Waals surface area contributed by atoms with Gasteiger partial charge in [0.15, 0.2) is 0 Å². The van der Waals surface area contributed by atoms with E-state index in [9.17, 15) is 0 Å². The van der Waals surface area contributed by atoms with Gasteiger partial charge in [-0.15, -0.1) is 0 Å². The fourth-order valence-corrected chi connectivity index (χ4v) is 1.27. The minimum atomic E-state index is 0.998. The zero-order chi connectivity index (χ0) is 8.10. The van der Waals surface area contributed by atoms with Gasteiger partial charge in [-0.25, -0.2) is 0 Å². The van der Waals surface area contributed by atoms with Gasteiger partial charge in [0.05, 0.1) is 0 Å². The van der Waals surface area contributed by atoms with Crippen molar-refractivity contribution >= 4 is 15.9 Å². The van der Waals surface area contributed by atoms with E-state index in [1.54, 1.807) is 6.20 Å². The number of hydrogen-bond donors (Lipinski definition) is 1. The summed E-state index contributed by atoms with van der Waals surface area (Å²) in [6.07, 6.45) is 4.72. The zero-order valence-electron chi connectivity index (χ0n) is 6.47. The van der Waals surface area contributed by atoms with Crippen molar-refractivity contribution in [1.29, 1.82) is 0 Å². The molecule has 0 radical (unpaired) electrons. The molecule has 1 aromatic heterocycles. The molecule has 1 aromatic rings. The first kappa shape index (κ1) is 8.68. The molecule has 0 aliphatic heterocycles. The lowest BCUT2D eigenvalue weighted by Crippen LogP contribution is -2.10. The average Bonchev–Trinajstić information content (AvgIpc) is 2.01. The number of likely N-dealkylation sites (N-methyl/N-ethyl adjacent to an activating group) is 1. The molecular weight excluding hydrogens is 204 g/mol. The molecule has 0 bridgehead atoms. The van der Waals surface area contributed by atoms with Gasteiger partial charge in [-0.2, -0.15) is 0 Å². The summed E-state index contributed by atoms with van der Waals surface area (Å²) >= 11 is 3.37. The molecule has 0 fully saturated rings. The van der Waals surface area contributed by atoms with Gasteiger partial charge >= 0.3 is 0 Å². The van der Waals surface area contributed by atoms with E-state index in [-0.39, 0.29) is 0 Å². The van der Waals surface area contributed by atoms with Crippen LogP contribution in [0.4, 0.5) is 0 Å². The summed E-state index contributed by atoms with van der Waals surface area (Å²) < 4.78 is 1.05. The molecule has 0 unspecified atom stereocenters. The van der Waals surface area contributed by atoms with Crippen LogP contribution in [-0.4, -0.2) is 18.6 Å². The van der Waals surface area contributed by atoms with Crippen molar-refractivity contribution in [2.75, 3.05) is 13.6 Å². The van der Waals surface area contributed by atoms with Gasteiger partial charge in [0.2, 0.25) is 0 Å². The quantitative estimate of drug-likeness (QED) is 0.828. The van der Waals surface area contributed by atoms with Crippen LogP contribution in [0.2, 0.25) is 0 Å². The number of hydrogen-bond acceptors (Lipinski definition) is 2. The summed E-state index contributed by atoms with van der Waals surface area (Å²) in [7, 11) is 1.95. The third kappa shape index (κ3) is 2.99. The standard InChI is InChI=1S/C8H11BrN2/c1-10-3-2-7-4-8(9)6-11-5-7/h4-6,10H,2-3H2,1H3. The lowest BCUT2D eigenvalue weighted by atomic mass is 10.2. The molecule has 0 aromatic carbocycles. The Balaban J connectivity index is 2.56. The molecule has 60 valence electrons. The Kier molecular flexibility index (Phi) is 3.52. The number of aromatic nitrogens is 1. The molecule has 0 aliphatic rings. The van der Waals surface area contributed by atoms with Gasteiger partial charge in [0.1, 0.15) is 0 Å². The number of halogens is 1. The predicted octanol–water partition coefficient (Wildman–Crippen LogP) is 1.61. The maximum Gasteiger partial charge on any atom is 0.0410 e. The van der Waals surface area contributed by atoms with E-state index in [0.29, 0.717) is 0 Å². The van der Waals surface area contributed by atoms with Crippen LogP contribution in [0.25, 0.3) is 0 Å². The highest BCUT2D eigenvalue weighted by molar-refractivity contribution is 9.10. The summed E-state index contributed by atoms with van der Waals surface area (Å²) in [5.41, 5.74) is 1.26. The van der Waals surface area contributed by atoms with Crippen LogP contribution in [0.3, 0.4) is 0 Å². The number of pyridine rings is 1. The topological polar surface area (TPSA) is 24.9 Å². The van der Waals surface area contributed by atoms with Crippen LogP contribution < -0.4 is 5.32 Å². The second-order valence-electron chi connectivity index (χ2n) is 2.36. The van der Waals surface area contributed by atoms with Crippen molar-refractivity contribution in [2.24, 2.45) is 0 Å². The summed E-state index contributed by atoms with van der Waals surface area (Å²) in [6, 6.07) is 2.09. The Morgan fingerprint density at radius 2 is 2.36 bits per heavy atom. The number of nitrogens with zero attached hydrogens (tertiary/aromatic N) is 1. The van der Waals surface area contributed by atoms with Crippen LogP contribution in [0.5, 0.6) is 0 Å². The van der Waals surface area contributed by atoms with Crippen LogP contribution >= 0.6 is 15.9 Å². The molecule has 0 saturated carbocycles. The molecule has 2 nitrogen and oxygen atoms in total. The van der Waals surface area contributed by atoms with Crippen molar-refractivity contribution in [2.45, 2.75) is 6.42 Å². The van der Waals surface area contributed by atoms with Crippen molar-refractivity contribution < 1.29 is 0 Å². The van der Waals surface area contributed by atoms with Gasteiger partial charge in [0, 0.05) is 16.9 Å². The average molecular weight is 215 g/mol. The Labute approximate surface area is 75.2 Å². The third-order valence-electron chi connectivity index (χ3n) is 1.43. The smallest absolute Gasteiger partial charge is 0.0410 e. The van der Waals surface area contributed by atoms with Crippen LogP contribution in [-0.2, 0) is 6.42 Å². The molecule has 0 aliphatic carbocycles. The maximum absolute atomic E-state index is 4.06. The Morgan fingerprint density at radius 3 is 3.00 bits per heavy atom. The molecule has 1 heterocycles. The molecule has 0 amide bonds. The van der Waals surface area contributed by atoms with Crippen LogP contribution in [0.15, 0.2) is 22.9 Å². The Morgan fingerprint density at radius 1 is 1.55 bits per heavy atom. The minimum absolute atomic E-state index is 0.998. The molecule has 3 heteroatoms. The third-order valence-corrected chi connectivity index (χ3v) is 1.86. The molecule has 0 spiro atoms. The lowest BCUT2D eigenvalue weighted by Gasteiger charge is -1.99. The SMILES string of the molecule is CNCCc1cncc(Br)c1. The minimum Gasteiger partial charge on any atom is -0.319 e. The zero-order valence-corrected chi connectivity index (χ0v) is 8.06. The first-order valence-corrected chi connectivity index (χ1v) is 4.36. The van der Waals surface area contributed by atoms with Gasteiger partial charge in [-0.3, -0.25) is 4.98 Å². The van der Waals surface area contributed by atoms with Crippen molar-refractivity contribution in [3.05, 3.63) is 28.5 Å². The molecule has 1 rings (SSSR count). The predicted molar refractivity (Wildman–Crippen MR) is 49.6 cm³/mol. The van der Waals surface area contributed by atoms with E-state index < -0.39 is 0 Å². The first-order valence-electron chi connectivity index (χ1n) is 3.57. The Hall–Kier alpha value is -0.410. The number of nitrogens with one attached hydrogen (secondary N) is 1. The van der Waals surface area contributed by atoms with E-state index in [1.807, 2.05) is 13.2 Å². The summed E-state index contributed by atoms with van der Waals surface area (Å²) in [5.74, 6) is 0. The van der Waals surface area contributed by atoms with E-state index in [0.717, 1.165) is 17.4 Å². The largest absolute Gasteiger partial charge is 0.319 e. The Bertz CT molecular complexity index is 225. The summed E-state index contributed by atoms with van der Waals surface area (Å²) in [6.45, 7) is 0.998. The highest BCUT2D eigenvalue weighted by Crippen LogP contribution is 2.09. The molecule has 1 N–H and O–H groups in total. The highest BCUT2D eigenvalue weighted by atomic mass is 79.9. The van der Waals surface area contributed by atoms with Crippen molar-refractivity contribution in [1.82, 2.24) is 10.3 Å². The fraction of sp³-hybridized carbons (Fsp3) is 0.375. The van der Waals surface area contributed by atoms with E-state index in [4.69, 9.17) is 0 Å². The van der Waals surface area contributed by atoms with Crippen LogP contribution in [0, 0.1) is 0 Å². The normalized spacial score (nSPS) is 10.0. The van der Waals surface area contributed by atoms with Gasteiger partial charge in [-0.1, -0.05) is 0 Å². The second kappa shape index (κ2) is 4.46. The molecule has 11 heavy (non-hydrogen) atoms. The van der Waals surface area contributed by atoms with Gasteiger partial charge in [0.25, 0.3) is 0 Å². The molecular formula is C8H11BrN2. The van der Waals surface area contributed by atoms with Crippen molar-refractivity contribution in [3.8, 4) is 0 Å². The van der Waals surface area contributed by atoms with Gasteiger partial charge in [-0.05, 0) is 47.6 Å². The van der Waals surface area contributed by atoms with Gasteiger partial charge < -0.3 is 5.32 Å². The second-order valence-corrected chi connectivity index (χ2v) is 3.28. The van der Waals surface area contributed by atoms with Crippen molar-refractivity contribution in [3.63, 3.8) is 0 Å². The highest BCUT2D eigenvalue weighted by Gasteiger charge is 1.92.